The van der Waals surface area contributed by atoms with Crippen molar-refractivity contribution in [2.24, 2.45) is 0 Å². The van der Waals surface area contributed by atoms with E-state index in [-0.39, 0.29) is 23.0 Å². The second kappa shape index (κ2) is 14.5. The number of nitrogens with one attached hydrogen (secondary N) is 3. The van der Waals surface area contributed by atoms with Gasteiger partial charge in [0.05, 0.1) is 24.3 Å². The highest BCUT2D eigenvalue weighted by molar-refractivity contribution is 7.89. The Bertz CT molecular complexity index is 1480. The number of hydrogen-bond acceptors (Lipinski definition) is 10. The van der Waals surface area contributed by atoms with Gasteiger partial charge < -0.3 is 25.0 Å². The summed E-state index contributed by atoms with van der Waals surface area (Å²) in [6.45, 7) is 5.34. The molecular formula is C27H35F2N6O5PS. The second-order valence-corrected chi connectivity index (χ2v) is 13.6. The van der Waals surface area contributed by atoms with Crippen molar-refractivity contribution >= 4 is 40.8 Å². The maximum absolute atomic E-state index is 13.5. The Morgan fingerprint density at radius 3 is 2.26 bits per heavy atom. The molecule has 4 rings (SSSR count). The van der Waals surface area contributed by atoms with Crippen molar-refractivity contribution in [3.8, 4) is 0 Å². The van der Waals surface area contributed by atoms with Crippen molar-refractivity contribution in [2.75, 3.05) is 49.6 Å². The summed E-state index contributed by atoms with van der Waals surface area (Å²) < 4.78 is 77.9. The molecule has 0 unspecified atom stereocenters. The fourth-order valence-electron chi connectivity index (χ4n) is 4.46. The third-order valence-corrected chi connectivity index (χ3v) is 10.5. The lowest BCUT2D eigenvalue weighted by Crippen LogP contribution is -2.45. The Kier molecular flexibility index (Phi) is 11.0. The average Bonchev–Trinajstić information content (AvgIpc) is 2.96. The molecule has 1 aromatic heterocycles. The molecule has 42 heavy (non-hydrogen) atoms. The molecule has 1 aliphatic heterocycles. The molecule has 3 N–H and O–H groups in total. The van der Waals surface area contributed by atoms with Crippen molar-refractivity contribution in [3.05, 3.63) is 66.4 Å². The molecule has 2 aromatic carbocycles. The molecule has 11 nitrogen and oxygen atoms in total. The van der Waals surface area contributed by atoms with E-state index in [4.69, 9.17) is 9.05 Å². The van der Waals surface area contributed by atoms with Crippen molar-refractivity contribution < 1.29 is 30.8 Å². The molecule has 3 aromatic rings. The van der Waals surface area contributed by atoms with E-state index in [9.17, 15) is 21.8 Å². The van der Waals surface area contributed by atoms with Crippen LogP contribution < -0.4 is 16.0 Å². The number of benzene rings is 2. The lowest BCUT2D eigenvalue weighted by atomic mass is 10.1. The standard InChI is InChI=1S/C27H35F2N6O5PS/c1-3-39-41(36,40-4-2)18-15-30-20-12-16-35(17-13-20)42(37,38)23-8-5-21(6-9-23)33-27-31-14-11-26(34-27)32-22-7-10-24(28)25(29)19-22/h5-11,14,19-20,30H,3-4,12-13,15-18H2,1-2H3,(H2,31,32,33,34). The lowest BCUT2D eigenvalue weighted by molar-refractivity contribution is 0.219. The van der Waals surface area contributed by atoms with Gasteiger partial charge in [-0.2, -0.15) is 9.29 Å². The highest BCUT2D eigenvalue weighted by Crippen LogP contribution is 2.47. The fraction of sp³-hybridized carbons (Fsp3) is 0.407. The number of sulfonamides is 1. The van der Waals surface area contributed by atoms with Crippen molar-refractivity contribution in [1.29, 1.82) is 0 Å². The Hall–Kier alpha value is -3.00. The van der Waals surface area contributed by atoms with Crippen LogP contribution in [0.15, 0.2) is 59.6 Å². The first-order valence-corrected chi connectivity index (χ1v) is 16.8. The second-order valence-electron chi connectivity index (χ2n) is 9.47. The van der Waals surface area contributed by atoms with Crippen LogP contribution in [0.25, 0.3) is 0 Å². The highest BCUT2D eigenvalue weighted by atomic mass is 32.2. The molecule has 0 spiro atoms. The van der Waals surface area contributed by atoms with Gasteiger partial charge in [0.2, 0.25) is 16.0 Å². The lowest BCUT2D eigenvalue weighted by Gasteiger charge is -2.32. The number of hydrogen-bond donors (Lipinski definition) is 3. The van der Waals surface area contributed by atoms with Gasteiger partial charge in [0.15, 0.2) is 11.6 Å². The average molecular weight is 625 g/mol. The fourth-order valence-corrected chi connectivity index (χ4v) is 7.46. The number of anilines is 4. The van der Waals surface area contributed by atoms with Gasteiger partial charge in [0.1, 0.15) is 5.82 Å². The Morgan fingerprint density at radius 2 is 1.62 bits per heavy atom. The first-order valence-electron chi connectivity index (χ1n) is 13.7. The number of aromatic nitrogens is 2. The van der Waals surface area contributed by atoms with Gasteiger partial charge in [0, 0.05) is 49.3 Å². The van der Waals surface area contributed by atoms with Gasteiger partial charge in [-0.15, -0.1) is 0 Å². The third-order valence-electron chi connectivity index (χ3n) is 6.52. The molecule has 228 valence electrons. The van der Waals surface area contributed by atoms with Gasteiger partial charge in [-0.3, -0.25) is 4.57 Å². The van der Waals surface area contributed by atoms with Gasteiger partial charge in [-0.1, -0.05) is 0 Å². The van der Waals surface area contributed by atoms with Crippen LogP contribution in [0.1, 0.15) is 26.7 Å². The quantitative estimate of drug-likeness (QED) is 0.204. The molecule has 2 heterocycles. The third kappa shape index (κ3) is 8.52. The molecule has 0 atom stereocenters. The maximum atomic E-state index is 13.5. The summed E-state index contributed by atoms with van der Waals surface area (Å²) in [5, 5.41) is 9.24. The van der Waals surface area contributed by atoms with Crippen LogP contribution in [-0.2, 0) is 23.6 Å². The Balaban J connectivity index is 1.29. The van der Waals surface area contributed by atoms with E-state index < -0.39 is 29.3 Å². The molecular weight excluding hydrogens is 589 g/mol. The maximum Gasteiger partial charge on any atom is 0.331 e. The van der Waals surface area contributed by atoms with Crippen LogP contribution in [0.2, 0.25) is 0 Å². The van der Waals surface area contributed by atoms with Gasteiger partial charge in [0.25, 0.3) is 0 Å². The minimum Gasteiger partial charge on any atom is -0.340 e. The zero-order valence-corrected chi connectivity index (χ0v) is 25.1. The molecule has 0 saturated carbocycles. The largest absolute Gasteiger partial charge is 0.340 e. The van der Waals surface area contributed by atoms with Crippen LogP contribution in [0.3, 0.4) is 0 Å². The van der Waals surface area contributed by atoms with Crippen LogP contribution >= 0.6 is 7.60 Å². The highest BCUT2D eigenvalue weighted by Gasteiger charge is 2.30. The predicted octanol–water partition coefficient (Wildman–Crippen LogP) is 5.25. The van der Waals surface area contributed by atoms with Crippen LogP contribution in [0, 0.1) is 11.6 Å². The van der Waals surface area contributed by atoms with Crippen molar-refractivity contribution in [2.45, 2.75) is 37.6 Å². The zero-order chi connectivity index (χ0) is 30.2. The summed E-state index contributed by atoms with van der Waals surface area (Å²) in [7, 11) is -6.81. The summed E-state index contributed by atoms with van der Waals surface area (Å²) in [4.78, 5) is 8.63. The number of nitrogens with zero attached hydrogens (tertiary/aromatic N) is 3. The molecule has 15 heteroatoms. The minimum absolute atomic E-state index is 0.104. The van der Waals surface area contributed by atoms with Gasteiger partial charge in [-0.05, 0) is 69.2 Å². The Morgan fingerprint density at radius 1 is 0.952 bits per heavy atom. The van der Waals surface area contributed by atoms with E-state index in [2.05, 4.69) is 25.9 Å². The van der Waals surface area contributed by atoms with Crippen molar-refractivity contribution in [1.82, 2.24) is 19.6 Å². The van der Waals surface area contributed by atoms with Crippen molar-refractivity contribution in [3.63, 3.8) is 0 Å². The van der Waals surface area contributed by atoms with Gasteiger partial charge in [-0.25, -0.2) is 22.2 Å². The summed E-state index contributed by atoms with van der Waals surface area (Å²) in [5.74, 6) is -1.34. The summed E-state index contributed by atoms with van der Waals surface area (Å²) in [6.07, 6.45) is 3.00. The minimum atomic E-state index is -3.69. The van der Waals surface area contributed by atoms with E-state index in [1.54, 1.807) is 32.0 Å². The molecule has 0 aliphatic carbocycles. The predicted molar refractivity (Wildman–Crippen MR) is 157 cm³/mol. The smallest absolute Gasteiger partial charge is 0.331 e. The van der Waals surface area contributed by atoms with E-state index in [0.717, 1.165) is 12.1 Å². The van der Waals surface area contributed by atoms with E-state index in [1.165, 1.54) is 28.7 Å². The normalized spacial score (nSPS) is 15.0. The monoisotopic (exact) mass is 624 g/mol. The molecule has 0 amide bonds. The first kappa shape index (κ1) is 31.9. The van der Waals surface area contributed by atoms with Gasteiger partial charge >= 0.3 is 7.60 Å². The first-order chi connectivity index (χ1) is 20.1. The molecule has 0 radical (unpaired) electrons. The SMILES string of the molecule is CCOP(=O)(CCNC1CCN(S(=O)(=O)c2ccc(Nc3nccc(Nc4ccc(F)c(F)c4)n3)cc2)CC1)OCC. The number of piperidine rings is 1. The molecule has 0 bridgehead atoms. The van der Waals surface area contributed by atoms with E-state index >= 15 is 0 Å². The van der Waals surface area contributed by atoms with E-state index in [0.29, 0.717) is 62.9 Å². The molecule has 1 aliphatic rings. The molecule has 1 fully saturated rings. The molecule has 1 saturated heterocycles. The number of halogens is 2. The summed E-state index contributed by atoms with van der Waals surface area (Å²) in [5.41, 5.74) is 0.889. The zero-order valence-electron chi connectivity index (χ0n) is 23.4. The summed E-state index contributed by atoms with van der Waals surface area (Å²) >= 11 is 0. The van der Waals surface area contributed by atoms with Crippen LogP contribution in [-0.4, -0.2) is 67.7 Å². The van der Waals surface area contributed by atoms with Crippen LogP contribution in [0.4, 0.5) is 31.9 Å². The van der Waals surface area contributed by atoms with E-state index in [1.807, 2.05) is 0 Å². The summed E-state index contributed by atoms with van der Waals surface area (Å²) in [6, 6.07) is 11.4. The Labute approximate surface area is 244 Å². The topological polar surface area (TPSA) is 135 Å². The number of rotatable bonds is 14. The van der Waals surface area contributed by atoms with Crippen LogP contribution in [0.5, 0.6) is 0 Å².